The predicted octanol–water partition coefficient (Wildman–Crippen LogP) is 3.03. The number of benzene rings is 1. The lowest BCUT2D eigenvalue weighted by molar-refractivity contribution is -0.113. The van der Waals surface area contributed by atoms with Crippen LogP contribution in [0, 0.1) is 6.92 Å². The second-order valence-electron chi connectivity index (χ2n) is 7.59. The highest BCUT2D eigenvalue weighted by atomic mass is 32.2. The molecule has 8 nitrogen and oxygen atoms in total. The number of hydrogen-bond donors (Lipinski definition) is 3. The largest absolute Gasteiger partial charge is 0.335 e. The summed E-state index contributed by atoms with van der Waals surface area (Å²) in [5, 5.41) is 19.3. The molecule has 0 aliphatic heterocycles. The van der Waals surface area contributed by atoms with Gasteiger partial charge in [0.15, 0.2) is 0 Å². The summed E-state index contributed by atoms with van der Waals surface area (Å²) in [4.78, 5) is 12.6. The average molecular weight is 412 g/mol. The molecule has 2 heterocycles. The number of carbonyl (C=O) groups excluding carboxylic acids is 1. The first-order chi connectivity index (χ1) is 14.0. The summed E-state index contributed by atoms with van der Waals surface area (Å²) in [5.41, 5.74) is 6.13. The summed E-state index contributed by atoms with van der Waals surface area (Å²) in [6, 6.07) is 6.06. The van der Waals surface area contributed by atoms with E-state index in [2.05, 4.69) is 39.6 Å². The molecule has 0 bridgehead atoms. The maximum atomic E-state index is 12.6. The van der Waals surface area contributed by atoms with Gasteiger partial charge in [-0.05, 0) is 43.2 Å². The molecular formula is C20H25N7OS. The Bertz CT molecular complexity index is 1050. The lowest BCUT2D eigenvalue weighted by atomic mass is 9.98. The molecule has 0 radical (unpaired) electrons. The number of nitrogen functional groups attached to an aromatic ring is 1. The molecule has 0 spiro atoms. The van der Waals surface area contributed by atoms with Gasteiger partial charge in [0.1, 0.15) is 5.69 Å². The Hall–Kier alpha value is -2.81. The molecule has 4 rings (SSSR count). The maximum absolute atomic E-state index is 12.6. The molecule has 9 heteroatoms. The summed E-state index contributed by atoms with van der Waals surface area (Å²) in [5.74, 6) is 7.14. The molecule has 2 aromatic heterocycles. The number of nitrogens with one attached hydrogen (secondary N) is 2. The topological polar surface area (TPSA) is 115 Å². The third kappa shape index (κ3) is 3.74. The minimum absolute atomic E-state index is 0.101. The molecule has 1 aliphatic rings. The Morgan fingerprint density at radius 2 is 2.17 bits per heavy atom. The molecule has 0 saturated carbocycles. The number of carbonyl (C=O) groups is 1. The molecule has 152 valence electrons. The number of amides is 1. The SMILES string of the molecule is Cc1cccc(C(C)C)c1NC(=O)CSc1nnc(-c2n[nH]c3c2CCC3)n1N. The van der Waals surface area contributed by atoms with E-state index >= 15 is 0 Å². The minimum Gasteiger partial charge on any atom is -0.335 e. The van der Waals surface area contributed by atoms with Crippen molar-refractivity contribution in [2.75, 3.05) is 16.9 Å². The zero-order valence-corrected chi connectivity index (χ0v) is 17.6. The van der Waals surface area contributed by atoms with E-state index in [-0.39, 0.29) is 11.7 Å². The van der Waals surface area contributed by atoms with Crippen LogP contribution in [0.3, 0.4) is 0 Å². The molecule has 1 aliphatic carbocycles. The number of hydrogen-bond acceptors (Lipinski definition) is 6. The Morgan fingerprint density at radius 3 is 2.97 bits per heavy atom. The number of fused-ring (bicyclic) bond motifs is 1. The van der Waals surface area contributed by atoms with Gasteiger partial charge >= 0.3 is 0 Å². The summed E-state index contributed by atoms with van der Waals surface area (Å²) in [6.45, 7) is 6.23. The summed E-state index contributed by atoms with van der Waals surface area (Å²) in [7, 11) is 0. The van der Waals surface area contributed by atoms with E-state index in [1.807, 2.05) is 25.1 Å². The molecule has 0 unspecified atom stereocenters. The predicted molar refractivity (Wildman–Crippen MR) is 114 cm³/mol. The quantitative estimate of drug-likeness (QED) is 0.424. The molecule has 29 heavy (non-hydrogen) atoms. The number of para-hydroxylation sites is 1. The normalized spacial score (nSPS) is 13.1. The summed E-state index contributed by atoms with van der Waals surface area (Å²) >= 11 is 1.26. The van der Waals surface area contributed by atoms with Crippen molar-refractivity contribution < 1.29 is 4.79 Å². The smallest absolute Gasteiger partial charge is 0.234 e. The van der Waals surface area contributed by atoms with Crippen LogP contribution < -0.4 is 11.2 Å². The number of H-pyrrole nitrogens is 1. The van der Waals surface area contributed by atoms with Gasteiger partial charge in [-0.2, -0.15) is 5.10 Å². The summed E-state index contributed by atoms with van der Waals surface area (Å²) < 4.78 is 1.42. The van der Waals surface area contributed by atoms with E-state index in [0.29, 0.717) is 16.9 Å². The number of rotatable bonds is 6. The second-order valence-corrected chi connectivity index (χ2v) is 8.53. The number of nitrogens with zero attached hydrogens (tertiary/aromatic N) is 4. The first kappa shape index (κ1) is 19.5. The lowest BCUT2D eigenvalue weighted by Gasteiger charge is -2.16. The fraction of sp³-hybridized carbons (Fsp3) is 0.400. The van der Waals surface area contributed by atoms with Crippen molar-refractivity contribution >= 4 is 23.4 Å². The van der Waals surface area contributed by atoms with Gasteiger partial charge in [-0.1, -0.05) is 43.8 Å². The molecule has 4 N–H and O–H groups in total. The van der Waals surface area contributed by atoms with Crippen LogP contribution in [0.4, 0.5) is 5.69 Å². The molecule has 0 fully saturated rings. The molecule has 0 atom stereocenters. The highest BCUT2D eigenvalue weighted by Gasteiger charge is 2.24. The average Bonchev–Trinajstić information content (AvgIpc) is 3.38. The van der Waals surface area contributed by atoms with E-state index in [1.54, 1.807) is 0 Å². The zero-order valence-electron chi connectivity index (χ0n) is 16.8. The summed E-state index contributed by atoms with van der Waals surface area (Å²) in [6.07, 6.45) is 3.07. The van der Waals surface area contributed by atoms with Gasteiger partial charge in [0.05, 0.1) is 5.75 Å². The van der Waals surface area contributed by atoms with Gasteiger partial charge in [-0.15, -0.1) is 10.2 Å². The Morgan fingerprint density at radius 1 is 1.34 bits per heavy atom. The van der Waals surface area contributed by atoms with Gasteiger partial charge in [-0.3, -0.25) is 9.89 Å². The van der Waals surface area contributed by atoms with Crippen molar-refractivity contribution in [2.45, 2.75) is 51.1 Å². The maximum Gasteiger partial charge on any atom is 0.234 e. The van der Waals surface area contributed by atoms with Crippen molar-refractivity contribution in [1.29, 1.82) is 0 Å². The van der Waals surface area contributed by atoms with Crippen LogP contribution in [0.2, 0.25) is 0 Å². The number of anilines is 1. The number of aromatic nitrogens is 5. The fourth-order valence-electron chi connectivity index (χ4n) is 3.69. The van der Waals surface area contributed by atoms with Crippen molar-refractivity contribution in [3.63, 3.8) is 0 Å². The number of thioether (sulfide) groups is 1. The molecule has 1 aromatic carbocycles. The van der Waals surface area contributed by atoms with E-state index < -0.39 is 0 Å². The Labute approximate surface area is 173 Å². The van der Waals surface area contributed by atoms with Crippen LogP contribution >= 0.6 is 11.8 Å². The van der Waals surface area contributed by atoms with Gasteiger partial charge in [-0.25, -0.2) is 4.68 Å². The molecule has 0 saturated heterocycles. The van der Waals surface area contributed by atoms with Crippen molar-refractivity contribution in [1.82, 2.24) is 25.1 Å². The lowest BCUT2D eigenvalue weighted by Crippen LogP contribution is -2.18. The fourth-order valence-corrected chi connectivity index (χ4v) is 4.35. The van der Waals surface area contributed by atoms with Crippen molar-refractivity contribution in [3.05, 3.63) is 40.6 Å². The van der Waals surface area contributed by atoms with Crippen LogP contribution in [0.15, 0.2) is 23.4 Å². The van der Waals surface area contributed by atoms with E-state index in [0.717, 1.165) is 47.5 Å². The Kier molecular flexibility index (Phi) is 5.31. The number of aryl methyl sites for hydroxylation is 2. The van der Waals surface area contributed by atoms with Gasteiger partial charge < -0.3 is 11.2 Å². The number of aromatic amines is 1. The van der Waals surface area contributed by atoms with Crippen molar-refractivity contribution in [3.8, 4) is 11.5 Å². The second kappa shape index (κ2) is 7.90. The third-order valence-corrected chi connectivity index (χ3v) is 6.15. The van der Waals surface area contributed by atoms with Crippen LogP contribution in [-0.2, 0) is 17.6 Å². The van der Waals surface area contributed by atoms with Crippen LogP contribution in [-0.4, -0.2) is 36.7 Å². The van der Waals surface area contributed by atoms with Gasteiger partial charge in [0, 0.05) is 16.9 Å². The zero-order chi connectivity index (χ0) is 20.5. The van der Waals surface area contributed by atoms with E-state index in [9.17, 15) is 4.79 Å². The minimum atomic E-state index is -0.101. The highest BCUT2D eigenvalue weighted by Crippen LogP contribution is 2.30. The van der Waals surface area contributed by atoms with Crippen LogP contribution in [0.1, 0.15) is 48.6 Å². The third-order valence-electron chi connectivity index (χ3n) is 5.21. The molecular weight excluding hydrogens is 386 g/mol. The van der Waals surface area contributed by atoms with Gasteiger partial charge in [0.25, 0.3) is 0 Å². The Balaban J connectivity index is 1.45. The van der Waals surface area contributed by atoms with E-state index in [4.69, 9.17) is 5.84 Å². The monoisotopic (exact) mass is 411 g/mol. The standard InChI is InChI=1S/C20H25N7OS/c1-11(2)13-7-4-6-12(3)17(13)22-16(28)10-29-20-26-25-19(27(20)21)18-14-8-5-9-15(14)23-24-18/h4,6-7,11H,5,8-10,21H2,1-3H3,(H,22,28)(H,23,24). The van der Waals surface area contributed by atoms with Gasteiger partial charge in [0.2, 0.25) is 16.9 Å². The number of nitrogens with two attached hydrogens (primary N) is 1. The molecule has 1 amide bonds. The first-order valence-corrected chi connectivity index (χ1v) is 10.7. The molecule has 3 aromatic rings. The van der Waals surface area contributed by atoms with Crippen LogP contribution in [0.25, 0.3) is 11.5 Å². The van der Waals surface area contributed by atoms with E-state index in [1.165, 1.54) is 22.0 Å². The highest BCUT2D eigenvalue weighted by molar-refractivity contribution is 7.99. The van der Waals surface area contributed by atoms with Crippen LogP contribution in [0.5, 0.6) is 0 Å². The first-order valence-electron chi connectivity index (χ1n) is 9.74. The van der Waals surface area contributed by atoms with Crippen molar-refractivity contribution in [2.24, 2.45) is 0 Å².